The predicted molar refractivity (Wildman–Crippen MR) is 77.8 cm³/mol. The lowest BCUT2D eigenvalue weighted by molar-refractivity contribution is -0.116. The van der Waals surface area contributed by atoms with Crippen LogP contribution in [0, 0.1) is 11.3 Å². The van der Waals surface area contributed by atoms with Gasteiger partial charge in [-0.15, -0.1) is 5.10 Å². The number of aromatic nitrogens is 2. The molecule has 0 spiro atoms. The van der Waals surface area contributed by atoms with Crippen LogP contribution in [-0.4, -0.2) is 22.6 Å². The van der Waals surface area contributed by atoms with Crippen LogP contribution in [0.25, 0.3) is 0 Å². The Kier molecular flexibility index (Phi) is 4.31. The molecule has 7 heteroatoms. The highest BCUT2D eigenvalue weighted by atomic mass is 16.1. The Morgan fingerprint density at radius 1 is 1.33 bits per heavy atom. The van der Waals surface area contributed by atoms with Crippen LogP contribution in [0.1, 0.15) is 11.1 Å². The standard InChI is InChI=1S/C14H14N6O/c15-7-10-5-6-18-19-14(10)20(9-13(17)21)8-11-3-1-2-4-12(11)16/h1-6H,8-9,16H2,(H2,17,21). The number of anilines is 2. The minimum Gasteiger partial charge on any atom is -0.398 e. The van der Waals surface area contributed by atoms with Gasteiger partial charge in [-0.05, 0) is 17.7 Å². The average Bonchev–Trinajstić information content (AvgIpc) is 2.48. The van der Waals surface area contributed by atoms with E-state index < -0.39 is 5.91 Å². The third-order valence-electron chi connectivity index (χ3n) is 2.88. The van der Waals surface area contributed by atoms with E-state index in [2.05, 4.69) is 10.2 Å². The molecule has 0 aliphatic rings. The smallest absolute Gasteiger partial charge is 0.237 e. The number of rotatable bonds is 5. The fourth-order valence-corrected chi connectivity index (χ4v) is 1.92. The molecule has 0 atom stereocenters. The van der Waals surface area contributed by atoms with Crippen molar-refractivity contribution in [2.75, 3.05) is 17.2 Å². The van der Waals surface area contributed by atoms with Crippen LogP contribution in [0.15, 0.2) is 36.5 Å². The summed E-state index contributed by atoms with van der Waals surface area (Å²) in [5.74, 6) is -0.221. The molecule has 2 rings (SSSR count). The van der Waals surface area contributed by atoms with Crippen molar-refractivity contribution in [2.45, 2.75) is 6.54 Å². The van der Waals surface area contributed by atoms with E-state index in [1.165, 1.54) is 12.3 Å². The van der Waals surface area contributed by atoms with Crippen LogP contribution in [0.2, 0.25) is 0 Å². The monoisotopic (exact) mass is 282 g/mol. The van der Waals surface area contributed by atoms with Gasteiger partial charge >= 0.3 is 0 Å². The van der Waals surface area contributed by atoms with E-state index in [4.69, 9.17) is 16.7 Å². The second kappa shape index (κ2) is 6.34. The van der Waals surface area contributed by atoms with E-state index in [1.54, 1.807) is 11.0 Å². The van der Waals surface area contributed by atoms with E-state index in [9.17, 15) is 4.79 Å². The van der Waals surface area contributed by atoms with Gasteiger partial charge < -0.3 is 16.4 Å². The van der Waals surface area contributed by atoms with Gasteiger partial charge in [-0.2, -0.15) is 10.4 Å². The van der Waals surface area contributed by atoms with Crippen molar-refractivity contribution in [1.82, 2.24) is 10.2 Å². The molecule has 2 aromatic rings. The maximum absolute atomic E-state index is 11.3. The Morgan fingerprint density at radius 2 is 2.10 bits per heavy atom. The van der Waals surface area contributed by atoms with Crippen molar-refractivity contribution in [1.29, 1.82) is 5.26 Å². The summed E-state index contributed by atoms with van der Waals surface area (Å²) in [7, 11) is 0. The molecule has 4 N–H and O–H groups in total. The molecule has 7 nitrogen and oxygen atoms in total. The number of benzene rings is 1. The first-order valence-electron chi connectivity index (χ1n) is 6.20. The van der Waals surface area contributed by atoms with Gasteiger partial charge in [0, 0.05) is 12.2 Å². The third-order valence-corrected chi connectivity index (χ3v) is 2.88. The highest BCUT2D eigenvalue weighted by molar-refractivity contribution is 5.79. The van der Waals surface area contributed by atoms with E-state index in [-0.39, 0.29) is 6.54 Å². The predicted octanol–water partition coefficient (Wildman–Crippen LogP) is 0.422. The maximum Gasteiger partial charge on any atom is 0.237 e. The molecule has 0 bridgehead atoms. The first-order valence-corrected chi connectivity index (χ1v) is 6.20. The van der Waals surface area contributed by atoms with E-state index in [0.717, 1.165) is 5.56 Å². The number of nitrogens with two attached hydrogens (primary N) is 2. The molecule has 0 aliphatic carbocycles. The summed E-state index contributed by atoms with van der Waals surface area (Å²) in [6.45, 7) is 0.227. The Hall–Kier alpha value is -3.14. The van der Waals surface area contributed by atoms with Gasteiger partial charge in [0.25, 0.3) is 0 Å². The van der Waals surface area contributed by atoms with Crippen LogP contribution >= 0.6 is 0 Å². The largest absolute Gasteiger partial charge is 0.398 e. The highest BCUT2D eigenvalue weighted by Gasteiger charge is 2.17. The Balaban J connectivity index is 2.37. The van der Waals surface area contributed by atoms with Crippen molar-refractivity contribution in [2.24, 2.45) is 5.73 Å². The lowest BCUT2D eigenvalue weighted by Gasteiger charge is -2.23. The summed E-state index contributed by atoms with van der Waals surface area (Å²) >= 11 is 0. The van der Waals surface area contributed by atoms with E-state index in [1.807, 2.05) is 24.3 Å². The minimum absolute atomic E-state index is 0.0816. The molecule has 0 unspecified atom stereocenters. The minimum atomic E-state index is -0.529. The van der Waals surface area contributed by atoms with Gasteiger partial charge in [0.2, 0.25) is 5.91 Å². The number of amides is 1. The summed E-state index contributed by atoms with van der Waals surface area (Å²) in [6, 6.07) is 10.8. The Bertz CT molecular complexity index is 694. The highest BCUT2D eigenvalue weighted by Crippen LogP contribution is 2.20. The van der Waals surface area contributed by atoms with Crippen molar-refractivity contribution < 1.29 is 4.79 Å². The summed E-state index contributed by atoms with van der Waals surface area (Å²) in [5, 5.41) is 16.8. The van der Waals surface area contributed by atoms with Gasteiger partial charge in [-0.25, -0.2) is 0 Å². The van der Waals surface area contributed by atoms with Crippen LogP contribution in [0.3, 0.4) is 0 Å². The summed E-state index contributed by atoms with van der Waals surface area (Å²) < 4.78 is 0. The molecule has 0 radical (unpaired) electrons. The number of carbonyl (C=O) groups excluding carboxylic acids is 1. The average molecular weight is 282 g/mol. The number of nitrogens with zero attached hydrogens (tertiary/aromatic N) is 4. The molecule has 1 aromatic heterocycles. The zero-order valence-corrected chi connectivity index (χ0v) is 11.2. The summed E-state index contributed by atoms with van der Waals surface area (Å²) in [4.78, 5) is 12.9. The van der Waals surface area contributed by atoms with Crippen molar-refractivity contribution in [3.63, 3.8) is 0 Å². The number of nitriles is 1. The van der Waals surface area contributed by atoms with Gasteiger partial charge in [0.1, 0.15) is 6.07 Å². The SMILES string of the molecule is N#Cc1ccnnc1N(CC(N)=O)Cc1ccccc1N. The van der Waals surface area contributed by atoms with Gasteiger partial charge in [0.15, 0.2) is 5.82 Å². The van der Waals surface area contributed by atoms with Gasteiger partial charge in [0.05, 0.1) is 18.3 Å². The number of nitrogen functional groups attached to an aromatic ring is 1. The van der Waals surface area contributed by atoms with E-state index >= 15 is 0 Å². The summed E-state index contributed by atoms with van der Waals surface area (Å²) in [6.07, 6.45) is 1.42. The number of primary amides is 1. The molecule has 0 aliphatic heterocycles. The normalized spacial score (nSPS) is 9.86. The Labute approximate surface area is 121 Å². The summed E-state index contributed by atoms with van der Waals surface area (Å²) in [5.41, 5.74) is 12.9. The molecular formula is C14H14N6O. The van der Waals surface area contributed by atoms with Gasteiger partial charge in [-0.3, -0.25) is 4.79 Å². The lowest BCUT2D eigenvalue weighted by Crippen LogP contribution is -2.34. The number of carbonyl (C=O) groups is 1. The third kappa shape index (κ3) is 3.45. The second-order valence-electron chi connectivity index (χ2n) is 4.40. The van der Waals surface area contributed by atoms with Crippen molar-refractivity contribution >= 4 is 17.4 Å². The fourth-order valence-electron chi connectivity index (χ4n) is 1.92. The molecule has 0 fully saturated rings. The van der Waals surface area contributed by atoms with Crippen molar-refractivity contribution in [3.05, 3.63) is 47.7 Å². The molecule has 1 amide bonds. The maximum atomic E-state index is 11.3. The quantitative estimate of drug-likeness (QED) is 0.766. The zero-order valence-electron chi connectivity index (χ0n) is 11.2. The van der Waals surface area contributed by atoms with E-state index in [0.29, 0.717) is 23.6 Å². The molecule has 1 aromatic carbocycles. The van der Waals surface area contributed by atoms with Gasteiger partial charge in [-0.1, -0.05) is 18.2 Å². The second-order valence-corrected chi connectivity index (χ2v) is 4.40. The molecule has 21 heavy (non-hydrogen) atoms. The first-order chi connectivity index (χ1) is 10.1. The fraction of sp³-hybridized carbons (Fsp3) is 0.143. The van der Waals surface area contributed by atoms with Crippen LogP contribution in [0.5, 0.6) is 0 Å². The van der Waals surface area contributed by atoms with Crippen LogP contribution in [0.4, 0.5) is 11.5 Å². The number of hydrogen-bond acceptors (Lipinski definition) is 6. The molecular weight excluding hydrogens is 268 g/mol. The topological polar surface area (TPSA) is 122 Å². The number of para-hydroxylation sites is 1. The van der Waals surface area contributed by atoms with Crippen molar-refractivity contribution in [3.8, 4) is 6.07 Å². The van der Waals surface area contributed by atoms with Crippen LogP contribution in [-0.2, 0) is 11.3 Å². The first kappa shape index (κ1) is 14.3. The molecule has 106 valence electrons. The van der Waals surface area contributed by atoms with Crippen LogP contribution < -0.4 is 16.4 Å². The molecule has 0 saturated heterocycles. The number of hydrogen-bond donors (Lipinski definition) is 2. The molecule has 0 saturated carbocycles. The Morgan fingerprint density at radius 3 is 2.76 bits per heavy atom. The molecule has 1 heterocycles. The zero-order chi connectivity index (χ0) is 15.2. The lowest BCUT2D eigenvalue weighted by atomic mass is 10.1.